The fourth-order valence-electron chi connectivity index (χ4n) is 2.76. The van der Waals surface area contributed by atoms with Crippen LogP contribution < -0.4 is 0 Å². The molecule has 1 aliphatic carbocycles. The minimum Gasteiger partial charge on any atom is -0.228 e. The summed E-state index contributed by atoms with van der Waals surface area (Å²) in [5, 5.41) is 0. The van der Waals surface area contributed by atoms with E-state index >= 15 is 0 Å². The summed E-state index contributed by atoms with van der Waals surface area (Å²) in [6.45, 7) is 16.4. The molecule has 1 heterocycles. The van der Waals surface area contributed by atoms with Crippen molar-refractivity contribution in [1.82, 2.24) is 4.98 Å². The van der Waals surface area contributed by atoms with Gasteiger partial charge in [0.15, 0.2) is 0 Å². The first-order chi connectivity index (χ1) is 11.2. The quantitative estimate of drug-likeness (QED) is 0.469. The molecule has 3 rings (SSSR count). The molecule has 0 fully saturated rings. The molecular weight excluding hydrogens is 285 g/mol. The van der Waals surface area contributed by atoms with Crippen molar-refractivity contribution in [3.63, 3.8) is 0 Å². The number of hydrogen-bond acceptors (Lipinski definition) is 1. The van der Waals surface area contributed by atoms with Gasteiger partial charge < -0.3 is 0 Å². The SMILES string of the molecule is CC.CC.CC.CC1c2ccccc2-c2c(ccnc2F)C1C. The first-order valence-corrected chi connectivity index (χ1v) is 8.94. The number of hydrogen-bond donors (Lipinski definition) is 0. The summed E-state index contributed by atoms with van der Waals surface area (Å²) in [6, 6.07) is 9.99. The molecule has 2 heteroatoms. The van der Waals surface area contributed by atoms with Crippen molar-refractivity contribution >= 4 is 0 Å². The summed E-state index contributed by atoms with van der Waals surface area (Å²) in [4.78, 5) is 3.78. The largest absolute Gasteiger partial charge is 0.228 e. The maximum Gasteiger partial charge on any atom is 0.221 e. The summed E-state index contributed by atoms with van der Waals surface area (Å²) in [5.74, 6) is 0.395. The second-order valence-corrected chi connectivity index (χ2v) is 4.73. The van der Waals surface area contributed by atoms with E-state index in [9.17, 15) is 4.39 Å². The van der Waals surface area contributed by atoms with Gasteiger partial charge >= 0.3 is 0 Å². The lowest BCUT2D eigenvalue weighted by Crippen LogP contribution is -2.14. The first kappa shape index (κ1) is 21.3. The highest BCUT2D eigenvalue weighted by Crippen LogP contribution is 2.46. The van der Waals surface area contributed by atoms with Crippen molar-refractivity contribution in [1.29, 1.82) is 0 Å². The second-order valence-electron chi connectivity index (χ2n) is 4.73. The number of benzene rings is 1. The van der Waals surface area contributed by atoms with Gasteiger partial charge in [0.2, 0.25) is 5.95 Å². The van der Waals surface area contributed by atoms with E-state index in [-0.39, 0.29) is 5.95 Å². The third kappa shape index (κ3) is 4.40. The molecule has 0 bridgehead atoms. The van der Waals surface area contributed by atoms with E-state index in [2.05, 4.69) is 24.9 Å². The Kier molecular flexibility index (Phi) is 10.1. The summed E-state index contributed by atoms with van der Waals surface area (Å²) < 4.78 is 13.9. The molecule has 0 saturated carbocycles. The van der Waals surface area contributed by atoms with Gasteiger partial charge in [0, 0.05) is 11.8 Å². The van der Waals surface area contributed by atoms with Crippen LogP contribution in [0.1, 0.15) is 78.4 Å². The van der Waals surface area contributed by atoms with Crippen LogP contribution in [0.4, 0.5) is 4.39 Å². The maximum absolute atomic E-state index is 13.9. The van der Waals surface area contributed by atoms with E-state index < -0.39 is 0 Å². The smallest absolute Gasteiger partial charge is 0.221 e. The Morgan fingerprint density at radius 2 is 1.30 bits per heavy atom. The molecule has 128 valence electrons. The van der Waals surface area contributed by atoms with Crippen molar-refractivity contribution in [2.24, 2.45) is 0 Å². The topological polar surface area (TPSA) is 12.9 Å². The maximum atomic E-state index is 13.9. The van der Waals surface area contributed by atoms with Gasteiger partial charge in [-0.3, -0.25) is 0 Å². The third-order valence-electron chi connectivity index (χ3n) is 3.90. The van der Waals surface area contributed by atoms with E-state index in [0.29, 0.717) is 17.4 Å². The molecule has 2 atom stereocenters. The first-order valence-electron chi connectivity index (χ1n) is 8.94. The van der Waals surface area contributed by atoms with E-state index in [4.69, 9.17) is 0 Å². The Morgan fingerprint density at radius 1 is 0.783 bits per heavy atom. The summed E-state index contributed by atoms with van der Waals surface area (Å²) in [7, 11) is 0. The summed E-state index contributed by atoms with van der Waals surface area (Å²) >= 11 is 0. The van der Waals surface area contributed by atoms with Crippen molar-refractivity contribution in [3.8, 4) is 11.1 Å². The number of nitrogens with zero attached hydrogens (tertiary/aromatic N) is 1. The summed E-state index contributed by atoms with van der Waals surface area (Å²) in [6.07, 6.45) is 1.56. The van der Waals surface area contributed by atoms with Gasteiger partial charge in [0.1, 0.15) is 0 Å². The Labute approximate surface area is 142 Å². The van der Waals surface area contributed by atoms with Gasteiger partial charge in [0.05, 0.1) is 0 Å². The fraction of sp³-hybridized carbons (Fsp3) is 0.476. The molecule has 2 aromatic rings. The molecule has 1 aliphatic rings. The van der Waals surface area contributed by atoms with Gasteiger partial charge in [-0.1, -0.05) is 79.7 Å². The van der Waals surface area contributed by atoms with Crippen LogP contribution in [-0.2, 0) is 0 Å². The Hall–Kier alpha value is -1.70. The van der Waals surface area contributed by atoms with Crippen LogP contribution in [-0.4, -0.2) is 4.98 Å². The fourth-order valence-corrected chi connectivity index (χ4v) is 2.76. The number of halogens is 1. The molecule has 2 unspecified atom stereocenters. The lowest BCUT2D eigenvalue weighted by atomic mass is 9.74. The third-order valence-corrected chi connectivity index (χ3v) is 3.90. The molecule has 0 aliphatic heterocycles. The van der Waals surface area contributed by atoms with Crippen molar-refractivity contribution < 1.29 is 4.39 Å². The molecule has 0 saturated heterocycles. The molecule has 0 radical (unpaired) electrons. The van der Waals surface area contributed by atoms with E-state index in [1.807, 2.05) is 65.8 Å². The van der Waals surface area contributed by atoms with E-state index in [1.165, 1.54) is 5.56 Å². The molecule has 23 heavy (non-hydrogen) atoms. The Bertz CT molecular complexity index is 578. The van der Waals surface area contributed by atoms with Crippen LogP contribution in [0.5, 0.6) is 0 Å². The molecule has 0 spiro atoms. The van der Waals surface area contributed by atoms with E-state index in [0.717, 1.165) is 11.1 Å². The average molecular weight is 317 g/mol. The zero-order valence-corrected chi connectivity index (χ0v) is 15.9. The number of aromatic nitrogens is 1. The summed E-state index contributed by atoms with van der Waals surface area (Å²) in [5.41, 5.74) is 3.98. The second kappa shape index (κ2) is 10.9. The predicted molar refractivity (Wildman–Crippen MR) is 101 cm³/mol. The number of pyridine rings is 1. The van der Waals surface area contributed by atoms with Crippen molar-refractivity contribution in [2.75, 3.05) is 0 Å². The lowest BCUT2D eigenvalue weighted by Gasteiger charge is -2.30. The zero-order valence-electron chi connectivity index (χ0n) is 15.9. The standard InChI is InChI=1S/C15H14FN.3C2H6/c1-9-10(2)12-7-8-17-15(16)14(12)13-6-4-3-5-11(9)13;3*1-2/h3-10H,1-2H3;3*1-2H3. The van der Waals surface area contributed by atoms with Crippen LogP contribution in [0.25, 0.3) is 11.1 Å². The normalized spacial score (nSPS) is 16.9. The zero-order chi connectivity index (χ0) is 18.0. The van der Waals surface area contributed by atoms with Gasteiger partial charge in [-0.2, -0.15) is 4.39 Å². The van der Waals surface area contributed by atoms with Crippen molar-refractivity contribution in [3.05, 3.63) is 53.6 Å². The van der Waals surface area contributed by atoms with E-state index in [1.54, 1.807) is 6.20 Å². The molecule has 1 aromatic heterocycles. The highest BCUT2D eigenvalue weighted by Gasteiger charge is 2.29. The number of fused-ring (bicyclic) bond motifs is 3. The lowest BCUT2D eigenvalue weighted by molar-refractivity contribution is 0.564. The minimum absolute atomic E-state index is 0.331. The van der Waals surface area contributed by atoms with Crippen LogP contribution in [0.15, 0.2) is 36.5 Å². The Balaban J connectivity index is 0.000000728. The van der Waals surface area contributed by atoms with Gasteiger partial charge in [-0.15, -0.1) is 0 Å². The average Bonchev–Trinajstić information content (AvgIpc) is 2.64. The molecule has 1 nitrogen and oxygen atoms in total. The molecule has 1 aromatic carbocycles. The monoisotopic (exact) mass is 317 g/mol. The van der Waals surface area contributed by atoms with Crippen LogP contribution in [0.2, 0.25) is 0 Å². The molecular formula is C21H32FN. The van der Waals surface area contributed by atoms with Gasteiger partial charge in [0.25, 0.3) is 0 Å². The van der Waals surface area contributed by atoms with Gasteiger partial charge in [-0.05, 0) is 34.6 Å². The molecule has 0 amide bonds. The van der Waals surface area contributed by atoms with Crippen LogP contribution in [0, 0.1) is 5.95 Å². The minimum atomic E-state index is -0.353. The highest BCUT2D eigenvalue weighted by atomic mass is 19.1. The van der Waals surface area contributed by atoms with Crippen molar-refractivity contribution in [2.45, 2.75) is 67.2 Å². The predicted octanol–water partition coefficient (Wildman–Crippen LogP) is 7.19. The molecule has 0 N–H and O–H groups in total. The number of rotatable bonds is 0. The van der Waals surface area contributed by atoms with Crippen LogP contribution >= 0.6 is 0 Å². The Morgan fingerprint density at radius 3 is 1.91 bits per heavy atom. The highest BCUT2D eigenvalue weighted by molar-refractivity contribution is 5.74. The van der Waals surface area contributed by atoms with Gasteiger partial charge in [-0.25, -0.2) is 4.98 Å². The van der Waals surface area contributed by atoms with Crippen LogP contribution in [0.3, 0.4) is 0 Å².